The number of aliphatic carboxylic acids is 2. The molecule has 2 fully saturated rings. The number of esters is 3. The summed E-state index contributed by atoms with van der Waals surface area (Å²) >= 11 is 2.32. The number of likely N-dealkylation sites (N-methyl/N-ethyl adjacent to an activating group) is 2. The Kier molecular flexibility index (Phi) is 43.9. The van der Waals surface area contributed by atoms with Crippen LogP contribution in [0.25, 0.3) is 0 Å². The van der Waals surface area contributed by atoms with Crippen molar-refractivity contribution in [1.29, 1.82) is 0 Å². The first-order chi connectivity index (χ1) is 52.8. The van der Waals surface area contributed by atoms with Gasteiger partial charge in [0, 0.05) is 106 Å². The number of Topliss-reactive ketones (excluding diaryl/α,β-unsaturated/α-hetero) is 2. The number of carbonyl (C=O) groups is 11. The Morgan fingerprint density at radius 1 is 0.549 bits per heavy atom. The quantitative estimate of drug-likeness (QED) is 0.0204. The van der Waals surface area contributed by atoms with Crippen molar-refractivity contribution >= 4 is 87.7 Å². The number of aromatic nitrogens is 2. The van der Waals surface area contributed by atoms with Crippen LogP contribution >= 0.6 is 22.7 Å². The summed E-state index contributed by atoms with van der Waals surface area (Å²) in [6, 6.07) is 9.53. The SMILES string of the molecule is C.CC(=O)OC(C)=O.CCCN(C(=O)[C@@H](CC(=O)C1CCCCN1C)C(C)CC)C(C[C@@H](O)c1nc(C(=O)N[C@@H](Cc2ccc(F)cc2)C[C@H](C)C(=O)O)cs1)C(C)C.CCCN(C(=O)[C@@H](CC(=O)C1CCCCN1C)C(C)CC)C(C[C@@H](OC(C)=O)c1nc(C(=O)N[C@@H](Cc2ccc(F)cc2)C[C@H](C)C(=O)O)cs1)C(C)C. The van der Waals surface area contributed by atoms with Gasteiger partial charge < -0.3 is 45.2 Å². The number of nitrogens with zero attached hydrogens (tertiary/aromatic N) is 6. The summed E-state index contributed by atoms with van der Waals surface area (Å²) in [5, 5.41) is 40.2. The molecule has 6 rings (SSSR count). The van der Waals surface area contributed by atoms with E-state index >= 15 is 0 Å². The van der Waals surface area contributed by atoms with Gasteiger partial charge in [-0.1, -0.05) is 140 Å². The fraction of sp³-hybridized carbons (Fsp3) is 0.659. The van der Waals surface area contributed by atoms with Gasteiger partial charge in [0.25, 0.3) is 11.8 Å². The van der Waals surface area contributed by atoms with Gasteiger partial charge in [-0.3, -0.25) is 62.5 Å². The zero-order valence-electron chi connectivity index (χ0n) is 69.0. The number of rotatable bonds is 41. The summed E-state index contributed by atoms with van der Waals surface area (Å²) in [6.07, 6.45) is 8.55. The lowest BCUT2D eigenvalue weighted by atomic mass is 9.82. The molecule has 2 aliphatic heterocycles. The molecule has 14 atom stereocenters. The third kappa shape index (κ3) is 32.8. The van der Waals surface area contributed by atoms with Crippen LogP contribution in [-0.2, 0) is 65.5 Å². The maximum Gasteiger partial charge on any atom is 0.310 e. The van der Waals surface area contributed by atoms with Crippen LogP contribution in [-0.4, -0.2) is 186 Å². The van der Waals surface area contributed by atoms with Crippen molar-refractivity contribution < 1.29 is 86.3 Å². The fourth-order valence-corrected chi connectivity index (χ4v) is 16.2. The molecule has 2 aromatic heterocycles. The number of likely N-dealkylation sites (tertiary alicyclic amines) is 2. The molecule has 28 heteroatoms. The topological polar surface area (TPSA) is 330 Å². The minimum absolute atomic E-state index is 0. The molecular weight excluding hydrogens is 1490 g/mol. The minimum Gasteiger partial charge on any atom is -0.481 e. The molecule has 0 bridgehead atoms. The Bertz CT molecular complexity index is 3660. The third-order valence-electron chi connectivity index (χ3n) is 21.4. The van der Waals surface area contributed by atoms with E-state index in [-0.39, 0.29) is 141 Å². The number of carboxylic acids is 2. The molecule has 6 unspecified atom stereocenters. The molecule has 2 aliphatic rings. The Balaban J connectivity index is 0.000000535. The monoisotopic (exact) mass is 1620 g/mol. The number of thiazole rings is 2. The lowest BCUT2D eigenvalue weighted by molar-refractivity contribution is -0.156. The second kappa shape index (κ2) is 49.9. The van der Waals surface area contributed by atoms with Gasteiger partial charge in [0.1, 0.15) is 39.1 Å². The molecular formula is C85H130F2N8O16S2. The summed E-state index contributed by atoms with van der Waals surface area (Å²) in [4.78, 5) is 156. The number of carboxylic acid groups (broad SMARTS) is 2. The van der Waals surface area contributed by atoms with E-state index in [1.54, 1.807) is 48.9 Å². The van der Waals surface area contributed by atoms with Crippen LogP contribution in [0, 0.1) is 59.0 Å². The van der Waals surface area contributed by atoms with Crippen LogP contribution in [0.4, 0.5) is 8.78 Å². The predicted octanol–water partition coefficient (Wildman–Crippen LogP) is 14.4. The molecule has 632 valence electrons. The Morgan fingerprint density at radius 3 is 1.25 bits per heavy atom. The smallest absolute Gasteiger partial charge is 0.310 e. The summed E-state index contributed by atoms with van der Waals surface area (Å²) in [5.74, 6) is -7.78. The molecule has 2 saturated heterocycles. The highest BCUT2D eigenvalue weighted by Crippen LogP contribution is 2.36. The minimum atomic E-state index is -1.04. The number of ether oxygens (including phenoxy) is 2. The van der Waals surface area contributed by atoms with Crippen molar-refractivity contribution in [2.45, 2.75) is 275 Å². The number of halogens is 2. The standard InChI is InChI=1S/C41H61FN4O7S.C39H59FN4O6S.C4H6O3.CH4/c1-9-18-46(40(50)32(26(5)10-2)22-36(48)34-13-11-12-19-45(34)8)35(25(3)4)23-37(53-28(7)47)39-44-33(24-54-39)38(49)43-31(20-27(6)41(51)52)21-29-14-16-30(42)17-15-29;1-8-17-44(38(48)30(25(5)9-2)21-34(45)32-12-10-11-18-43(32)7)33(24(3)4)22-35(46)37-42-31(23-51-37)36(47)41-29(19-26(6)39(49)50)20-27-13-15-28(40)16-14-27;1-3(5)7-4(2)6;/h14-17,24-27,31-32,34-35,37H,9-13,18-23H2,1-8H3,(H,43,49)(H,51,52);13-16,23-26,29-30,32-33,35,46H,8-12,17-22H2,1-7H3,(H,41,47)(H,49,50);1-2H3;1H4/t26?,27-,31+,32-,34?,35?,37+;25?,26-,29+,30-,32?,33?,35+;;/m00../s1. The number of hydrogen-bond acceptors (Lipinski definition) is 20. The summed E-state index contributed by atoms with van der Waals surface area (Å²) in [6.45, 7) is 29.8. The molecule has 24 nitrogen and oxygen atoms in total. The zero-order chi connectivity index (χ0) is 83.8. The van der Waals surface area contributed by atoms with Crippen molar-refractivity contribution in [3.8, 4) is 0 Å². The number of hydrogen-bond donors (Lipinski definition) is 5. The fourth-order valence-electron chi connectivity index (χ4n) is 14.6. The Labute approximate surface area is 677 Å². The average Bonchev–Trinajstić information content (AvgIpc) is 1.52. The van der Waals surface area contributed by atoms with E-state index in [2.05, 4.69) is 35.1 Å². The highest BCUT2D eigenvalue weighted by Gasteiger charge is 2.41. The van der Waals surface area contributed by atoms with Gasteiger partial charge in [0.05, 0.1) is 23.9 Å². The van der Waals surface area contributed by atoms with Gasteiger partial charge in [0.2, 0.25) is 11.8 Å². The zero-order valence-corrected chi connectivity index (χ0v) is 70.6. The molecule has 113 heavy (non-hydrogen) atoms. The normalized spacial score (nSPS) is 17.6. The maximum absolute atomic E-state index is 14.6. The molecule has 0 aliphatic carbocycles. The highest BCUT2D eigenvalue weighted by atomic mass is 32.1. The summed E-state index contributed by atoms with van der Waals surface area (Å²) in [7, 11) is 3.97. The van der Waals surface area contributed by atoms with E-state index in [1.165, 1.54) is 56.4 Å². The van der Waals surface area contributed by atoms with Crippen LogP contribution < -0.4 is 10.6 Å². The Morgan fingerprint density at radius 2 is 0.920 bits per heavy atom. The molecule has 0 saturated carbocycles. The number of ketones is 2. The van der Waals surface area contributed by atoms with Crippen molar-refractivity contribution in [2.75, 3.05) is 40.3 Å². The van der Waals surface area contributed by atoms with Gasteiger partial charge in [-0.25, -0.2) is 18.7 Å². The van der Waals surface area contributed by atoms with Gasteiger partial charge in [-0.2, -0.15) is 0 Å². The van der Waals surface area contributed by atoms with Crippen molar-refractivity contribution in [1.82, 2.24) is 40.2 Å². The number of carbonyl (C=O) groups excluding carboxylic acids is 9. The van der Waals surface area contributed by atoms with Gasteiger partial charge >= 0.3 is 29.8 Å². The number of aliphatic hydroxyl groups is 1. The van der Waals surface area contributed by atoms with Gasteiger partial charge in [-0.15, -0.1) is 22.7 Å². The largest absolute Gasteiger partial charge is 0.481 e. The molecule has 4 amide bonds. The van der Waals surface area contributed by atoms with Crippen LogP contribution in [0.15, 0.2) is 59.3 Å². The van der Waals surface area contributed by atoms with E-state index in [0.29, 0.717) is 35.9 Å². The number of nitrogens with one attached hydrogen (secondary N) is 2. The second-order valence-electron chi connectivity index (χ2n) is 31.3. The molecule has 4 heterocycles. The molecule has 2 aromatic carbocycles. The van der Waals surface area contributed by atoms with Crippen LogP contribution in [0.2, 0.25) is 0 Å². The van der Waals surface area contributed by atoms with E-state index in [9.17, 15) is 76.8 Å². The first-order valence-corrected chi connectivity index (χ1v) is 41.7. The molecule has 0 spiro atoms. The van der Waals surface area contributed by atoms with Crippen molar-refractivity contribution in [2.24, 2.45) is 47.3 Å². The third-order valence-corrected chi connectivity index (χ3v) is 23.3. The summed E-state index contributed by atoms with van der Waals surface area (Å²) in [5.41, 5.74) is 1.68. The average molecular weight is 1620 g/mol. The van der Waals surface area contributed by atoms with E-state index in [0.717, 1.165) is 93.3 Å². The lowest BCUT2D eigenvalue weighted by Crippen LogP contribution is -2.50. The predicted molar refractivity (Wildman–Crippen MR) is 435 cm³/mol. The van der Waals surface area contributed by atoms with Crippen LogP contribution in [0.1, 0.15) is 268 Å². The molecule has 5 N–H and O–H groups in total. The van der Waals surface area contributed by atoms with Crippen LogP contribution in [0.3, 0.4) is 0 Å². The second-order valence-corrected chi connectivity index (χ2v) is 33.0. The number of amides is 4. The molecule has 4 aromatic rings. The van der Waals surface area contributed by atoms with Crippen molar-refractivity contribution in [3.05, 3.63) is 103 Å². The van der Waals surface area contributed by atoms with E-state index in [4.69, 9.17) is 4.74 Å². The van der Waals surface area contributed by atoms with Gasteiger partial charge in [-0.05, 0) is 150 Å². The number of benzene rings is 2. The van der Waals surface area contributed by atoms with E-state index in [1.807, 2.05) is 93.1 Å². The first kappa shape index (κ1) is 99.4. The number of piperidine rings is 2. The van der Waals surface area contributed by atoms with E-state index < -0.39 is 95.4 Å². The highest BCUT2D eigenvalue weighted by molar-refractivity contribution is 7.10. The van der Waals surface area contributed by atoms with Crippen molar-refractivity contribution in [3.63, 3.8) is 0 Å². The maximum atomic E-state index is 14.6. The first-order valence-electron chi connectivity index (χ1n) is 39.9. The summed E-state index contributed by atoms with van der Waals surface area (Å²) < 4.78 is 36.8. The number of aliphatic hydroxyl groups excluding tert-OH is 1. The molecule has 0 radical (unpaired) electrons. The van der Waals surface area contributed by atoms with Crippen LogP contribution in [0.5, 0.6) is 0 Å². The lowest BCUT2D eigenvalue weighted by Gasteiger charge is -2.39. The Hall–Kier alpha value is -7.79. The van der Waals surface area contributed by atoms with Gasteiger partial charge in [0.15, 0.2) is 17.7 Å².